The SMILES string of the molecule is CCCN(Cc1nc2cc(Cl)ccc2c(=O)[nH]1)C(=O)CCCOc1cccc(Cl)c1Cl. The van der Waals surface area contributed by atoms with E-state index < -0.39 is 0 Å². The van der Waals surface area contributed by atoms with Crippen LogP contribution in [0.25, 0.3) is 10.9 Å². The van der Waals surface area contributed by atoms with E-state index in [4.69, 9.17) is 39.5 Å². The van der Waals surface area contributed by atoms with Crippen LogP contribution in [0.4, 0.5) is 0 Å². The van der Waals surface area contributed by atoms with Crippen LogP contribution in [0, 0.1) is 0 Å². The first kappa shape index (κ1) is 23.4. The maximum absolute atomic E-state index is 12.8. The fourth-order valence-electron chi connectivity index (χ4n) is 3.14. The van der Waals surface area contributed by atoms with E-state index in [0.29, 0.717) is 63.5 Å². The summed E-state index contributed by atoms with van der Waals surface area (Å²) in [6.07, 6.45) is 1.59. The minimum Gasteiger partial charge on any atom is -0.492 e. The zero-order valence-corrected chi connectivity index (χ0v) is 19.2. The first-order valence-corrected chi connectivity index (χ1v) is 11.1. The van der Waals surface area contributed by atoms with Gasteiger partial charge in [-0.05, 0) is 43.2 Å². The van der Waals surface area contributed by atoms with Crippen LogP contribution in [0.5, 0.6) is 5.75 Å². The van der Waals surface area contributed by atoms with Crippen LogP contribution in [0.1, 0.15) is 32.0 Å². The highest BCUT2D eigenvalue weighted by atomic mass is 35.5. The van der Waals surface area contributed by atoms with Gasteiger partial charge in [-0.15, -0.1) is 0 Å². The zero-order valence-electron chi connectivity index (χ0n) is 17.0. The molecule has 0 bridgehead atoms. The van der Waals surface area contributed by atoms with Gasteiger partial charge in [0, 0.05) is 18.0 Å². The predicted octanol–water partition coefficient (Wildman–Crippen LogP) is 5.48. The number of nitrogens with one attached hydrogen (secondary N) is 1. The van der Waals surface area contributed by atoms with Crippen LogP contribution in [0.3, 0.4) is 0 Å². The average molecular weight is 483 g/mol. The minimum atomic E-state index is -0.257. The number of nitrogens with zero attached hydrogens (tertiary/aromatic N) is 2. The molecule has 0 atom stereocenters. The topological polar surface area (TPSA) is 75.3 Å². The van der Waals surface area contributed by atoms with Gasteiger partial charge in [0.15, 0.2) is 0 Å². The number of rotatable bonds is 9. The van der Waals surface area contributed by atoms with Crippen molar-refractivity contribution in [3.63, 3.8) is 0 Å². The van der Waals surface area contributed by atoms with E-state index in [2.05, 4.69) is 9.97 Å². The van der Waals surface area contributed by atoms with Crippen molar-refractivity contribution in [2.45, 2.75) is 32.7 Å². The lowest BCUT2D eigenvalue weighted by molar-refractivity contribution is -0.132. The smallest absolute Gasteiger partial charge is 0.258 e. The molecule has 3 rings (SSSR count). The third kappa shape index (κ3) is 6.12. The molecule has 1 heterocycles. The Hall–Kier alpha value is -2.28. The van der Waals surface area contributed by atoms with Crippen molar-refractivity contribution in [1.82, 2.24) is 14.9 Å². The number of carbonyl (C=O) groups excluding carboxylic acids is 1. The molecule has 1 N–H and O–H groups in total. The van der Waals surface area contributed by atoms with Gasteiger partial charge in [0.05, 0.1) is 29.1 Å². The highest BCUT2D eigenvalue weighted by molar-refractivity contribution is 6.42. The molecule has 0 unspecified atom stereocenters. The number of ether oxygens (including phenoxy) is 1. The van der Waals surface area contributed by atoms with E-state index in [0.717, 1.165) is 6.42 Å². The third-order valence-electron chi connectivity index (χ3n) is 4.61. The van der Waals surface area contributed by atoms with Crippen molar-refractivity contribution in [2.24, 2.45) is 0 Å². The lowest BCUT2D eigenvalue weighted by Crippen LogP contribution is -2.32. The van der Waals surface area contributed by atoms with Crippen molar-refractivity contribution in [3.8, 4) is 5.75 Å². The molecule has 0 spiro atoms. The van der Waals surface area contributed by atoms with E-state index in [1.54, 1.807) is 41.3 Å². The Kier molecular flexibility index (Phi) is 8.18. The molecule has 164 valence electrons. The van der Waals surface area contributed by atoms with Crippen LogP contribution >= 0.6 is 34.8 Å². The maximum atomic E-state index is 12.8. The van der Waals surface area contributed by atoms with Crippen molar-refractivity contribution in [1.29, 1.82) is 0 Å². The maximum Gasteiger partial charge on any atom is 0.258 e. The first-order valence-electron chi connectivity index (χ1n) is 9.92. The second-order valence-corrected chi connectivity index (χ2v) is 8.21. The monoisotopic (exact) mass is 481 g/mol. The van der Waals surface area contributed by atoms with Crippen LogP contribution in [-0.4, -0.2) is 33.9 Å². The summed E-state index contributed by atoms with van der Waals surface area (Å²) in [5.41, 5.74) is 0.245. The predicted molar refractivity (Wildman–Crippen MR) is 124 cm³/mol. The van der Waals surface area contributed by atoms with Crippen molar-refractivity contribution in [2.75, 3.05) is 13.2 Å². The van der Waals surface area contributed by atoms with Gasteiger partial charge in [-0.3, -0.25) is 9.59 Å². The Morgan fingerprint density at radius 2 is 2.00 bits per heavy atom. The molecule has 1 amide bonds. The summed E-state index contributed by atoms with van der Waals surface area (Å²) >= 11 is 18.1. The van der Waals surface area contributed by atoms with Gasteiger partial charge in [-0.2, -0.15) is 0 Å². The lowest BCUT2D eigenvalue weighted by atomic mass is 10.2. The lowest BCUT2D eigenvalue weighted by Gasteiger charge is -2.22. The number of amides is 1. The van der Waals surface area contributed by atoms with Gasteiger partial charge >= 0.3 is 0 Å². The number of aromatic nitrogens is 2. The van der Waals surface area contributed by atoms with Crippen LogP contribution < -0.4 is 10.3 Å². The molecule has 0 saturated carbocycles. The van der Waals surface area contributed by atoms with Gasteiger partial charge in [-0.1, -0.05) is 47.8 Å². The number of hydrogen-bond donors (Lipinski definition) is 1. The van der Waals surface area contributed by atoms with E-state index in [9.17, 15) is 9.59 Å². The summed E-state index contributed by atoms with van der Waals surface area (Å²) in [4.78, 5) is 34.0. The summed E-state index contributed by atoms with van der Waals surface area (Å²) in [6.45, 7) is 3.08. The van der Waals surface area contributed by atoms with Crippen molar-refractivity contribution >= 4 is 51.6 Å². The molecule has 0 aliphatic rings. The number of H-pyrrole nitrogens is 1. The molecule has 0 saturated heterocycles. The van der Waals surface area contributed by atoms with Gasteiger partial charge in [0.1, 0.15) is 16.6 Å². The number of aromatic amines is 1. The number of carbonyl (C=O) groups is 1. The Labute approximate surface area is 195 Å². The fourth-order valence-corrected chi connectivity index (χ4v) is 3.65. The second kappa shape index (κ2) is 10.8. The normalized spacial score (nSPS) is 11.0. The van der Waals surface area contributed by atoms with E-state index in [1.165, 1.54) is 0 Å². The molecule has 0 fully saturated rings. The minimum absolute atomic E-state index is 0.0449. The van der Waals surface area contributed by atoms with Crippen molar-refractivity contribution < 1.29 is 9.53 Å². The highest BCUT2D eigenvalue weighted by Crippen LogP contribution is 2.31. The van der Waals surface area contributed by atoms with Gasteiger partial charge in [0.25, 0.3) is 5.56 Å². The third-order valence-corrected chi connectivity index (χ3v) is 5.65. The number of fused-ring (bicyclic) bond motifs is 1. The number of benzene rings is 2. The van der Waals surface area contributed by atoms with E-state index >= 15 is 0 Å². The Morgan fingerprint density at radius 1 is 1.19 bits per heavy atom. The molecular formula is C22H22Cl3N3O3. The van der Waals surface area contributed by atoms with Crippen molar-refractivity contribution in [3.05, 3.63) is 67.6 Å². The number of halogens is 3. The summed E-state index contributed by atoms with van der Waals surface area (Å²) in [6, 6.07) is 10.1. The fraction of sp³-hybridized carbons (Fsp3) is 0.318. The molecule has 0 radical (unpaired) electrons. The number of hydrogen-bond acceptors (Lipinski definition) is 4. The van der Waals surface area contributed by atoms with Gasteiger partial charge in [0.2, 0.25) is 5.91 Å². The molecule has 1 aromatic heterocycles. The largest absolute Gasteiger partial charge is 0.492 e. The Balaban J connectivity index is 1.62. The Morgan fingerprint density at radius 3 is 2.77 bits per heavy atom. The molecular weight excluding hydrogens is 461 g/mol. The average Bonchev–Trinajstić information content (AvgIpc) is 2.73. The molecule has 6 nitrogen and oxygen atoms in total. The Bertz CT molecular complexity index is 1130. The highest BCUT2D eigenvalue weighted by Gasteiger charge is 2.15. The van der Waals surface area contributed by atoms with Crippen LogP contribution in [-0.2, 0) is 11.3 Å². The standard InChI is InChI=1S/C22H22Cl3N3O3/c1-2-10-28(13-19-26-17-12-14(23)8-9-15(17)22(30)27-19)20(29)7-4-11-31-18-6-3-5-16(24)21(18)25/h3,5-6,8-9,12H,2,4,7,10-11,13H2,1H3,(H,26,27,30). The molecule has 3 aromatic rings. The molecule has 0 aliphatic carbocycles. The van der Waals surface area contributed by atoms with Crippen LogP contribution in [0.2, 0.25) is 15.1 Å². The summed E-state index contributed by atoms with van der Waals surface area (Å²) in [5.74, 6) is 0.864. The van der Waals surface area contributed by atoms with Gasteiger partial charge < -0.3 is 14.6 Å². The van der Waals surface area contributed by atoms with E-state index in [-0.39, 0.29) is 18.0 Å². The summed E-state index contributed by atoms with van der Waals surface area (Å²) in [7, 11) is 0. The molecule has 31 heavy (non-hydrogen) atoms. The van der Waals surface area contributed by atoms with E-state index in [1.807, 2.05) is 6.92 Å². The summed E-state index contributed by atoms with van der Waals surface area (Å²) < 4.78 is 5.64. The van der Waals surface area contributed by atoms with Crippen LogP contribution in [0.15, 0.2) is 41.2 Å². The molecule has 0 aliphatic heterocycles. The van der Waals surface area contributed by atoms with Gasteiger partial charge in [-0.25, -0.2) is 4.98 Å². The molecule has 2 aromatic carbocycles. The quantitative estimate of drug-likeness (QED) is 0.410. The zero-order chi connectivity index (χ0) is 22.4. The molecule has 9 heteroatoms. The second-order valence-electron chi connectivity index (χ2n) is 6.99. The summed E-state index contributed by atoms with van der Waals surface area (Å²) in [5, 5.41) is 1.73. The first-order chi connectivity index (χ1) is 14.9.